The number of hydrogen-bond donors (Lipinski definition) is 1. The van der Waals surface area contributed by atoms with Crippen LogP contribution in [0.25, 0.3) is 21.3 Å². The van der Waals surface area contributed by atoms with Crippen LogP contribution in [0.3, 0.4) is 0 Å². The lowest BCUT2D eigenvalue weighted by molar-refractivity contribution is 0.00638. The maximum Gasteiger partial charge on any atom is 0.358 e. The Morgan fingerprint density at radius 3 is 2.67 bits per heavy atom. The van der Waals surface area contributed by atoms with E-state index < -0.39 is 11.6 Å². The number of pyridine rings is 1. The van der Waals surface area contributed by atoms with Gasteiger partial charge in [0.25, 0.3) is 5.91 Å². The molecule has 0 fully saturated rings. The molecule has 0 saturated heterocycles. The molecule has 0 saturated carbocycles. The molecule has 1 amide bonds. The molecule has 0 spiro atoms. The van der Waals surface area contributed by atoms with Gasteiger partial charge < -0.3 is 9.64 Å². The summed E-state index contributed by atoms with van der Waals surface area (Å²) in [5.41, 5.74) is 5.74. The quantitative estimate of drug-likeness (QED) is 0.177. The number of ether oxygens (including phenoxy) is 1. The van der Waals surface area contributed by atoms with E-state index in [1.165, 1.54) is 11.3 Å². The first-order valence-electron chi connectivity index (χ1n) is 15.9. The van der Waals surface area contributed by atoms with Gasteiger partial charge in [-0.1, -0.05) is 47.7 Å². The van der Waals surface area contributed by atoms with Gasteiger partial charge in [0.2, 0.25) is 0 Å². The summed E-state index contributed by atoms with van der Waals surface area (Å²) in [6.45, 7) is 7.04. The van der Waals surface area contributed by atoms with Crippen molar-refractivity contribution in [2.24, 2.45) is 0 Å². The minimum absolute atomic E-state index is 0.186. The van der Waals surface area contributed by atoms with Crippen LogP contribution in [0.2, 0.25) is 0 Å². The second-order valence-electron chi connectivity index (χ2n) is 12.9. The van der Waals surface area contributed by atoms with E-state index in [9.17, 15) is 14.9 Å². The average Bonchev–Trinajstić information content (AvgIpc) is 3.73. The summed E-state index contributed by atoms with van der Waals surface area (Å²) >= 11 is 1.44. The van der Waals surface area contributed by atoms with Crippen molar-refractivity contribution in [2.45, 2.75) is 45.9 Å². The summed E-state index contributed by atoms with van der Waals surface area (Å²) in [7, 11) is 0. The average molecular weight is 668 g/mol. The number of benzene rings is 3. The largest absolute Gasteiger partial charge is 0.455 e. The second-order valence-corrected chi connectivity index (χ2v) is 13.9. The maximum atomic E-state index is 13.6. The number of esters is 1. The Morgan fingerprint density at radius 2 is 1.86 bits per heavy atom. The number of carbonyl (C=O) groups is 2. The van der Waals surface area contributed by atoms with Gasteiger partial charge in [-0.05, 0) is 86.3 Å². The number of nitrogens with zero attached hydrogens (tertiary/aromatic N) is 6. The van der Waals surface area contributed by atoms with Crippen molar-refractivity contribution in [3.63, 3.8) is 0 Å². The topological polar surface area (TPSA) is 126 Å². The lowest BCUT2D eigenvalue weighted by Gasteiger charge is -2.31. The van der Waals surface area contributed by atoms with E-state index in [-0.39, 0.29) is 11.6 Å². The van der Waals surface area contributed by atoms with Gasteiger partial charge in [0.1, 0.15) is 11.4 Å². The van der Waals surface area contributed by atoms with Gasteiger partial charge in [-0.2, -0.15) is 10.4 Å². The molecule has 1 aliphatic heterocycles. The maximum absolute atomic E-state index is 13.6. The Balaban J connectivity index is 1.17. The molecule has 1 N–H and O–H groups in total. The van der Waals surface area contributed by atoms with Gasteiger partial charge in [0.15, 0.2) is 10.8 Å². The number of nitrogens with one attached hydrogen (secondary N) is 1. The fourth-order valence-electron chi connectivity index (χ4n) is 5.93. The van der Waals surface area contributed by atoms with E-state index in [1.54, 1.807) is 16.9 Å². The van der Waals surface area contributed by atoms with Crippen LogP contribution in [0.1, 0.15) is 63.9 Å². The van der Waals surface area contributed by atoms with Crippen LogP contribution in [-0.4, -0.2) is 43.8 Å². The Kier molecular flexibility index (Phi) is 8.40. The van der Waals surface area contributed by atoms with Crippen molar-refractivity contribution >= 4 is 44.4 Å². The fourth-order valence-corrected chi connectivity index (χ4v) is 6.80. The molecule has 244 valence electrons. The van der Waals surface area contributed by atoms with Crippen LogP contribution in [0, 0.1) is 11.3 Å². The normalized spacial score (nSPS) is 12.7. The molecule has 0 radical (unpaired) electrons. The molecule has 10 nitrogen and oxygen atoms in total. The van der Waals surface area contributed by atoms with Crippen molar-refractivity contribution < 1.29 is 14.3 Å². The summed E-state index contributed by atoms with van der Waals surface area (Å²) in [6.07, 6.45) is 4.27. The molecule has 4 heterocycles. The number of aromatic nitrogens is 4. The van der Waals surface area contributed by atoms with Gasteiger partial charge in [-0.15, -0.1) is 0 Å². The first-order chi connectivity index (χ1) is 23.6. The third-order valence-corrected chi connectivity index (χ3v) is 9.13. The minimum atomic E-state index is -0.725. The molecule has 6 aromatic rings. The molecule has 0 unspecified atom stereocenters. The third-order valence-electron chi connectivity index (χ3n) is 8.17. The van der Waals surface area contributed by atoms with E-state index in [2.05, 4.69) is 32.4 Å². The smallest absolute Gasteiger partial charge is 0.358 e. The summed E-state index contributed by atoms with van der Waals surface area (Å²) in [6, 6.07) is 26.9. The van der Waals surface area contributed by atoms with Crippen molar-refractivity contribution in [3.8, 4) is 17.2 Å². The molecule has 7 rings (SSSR count). The zero-order valence-electron chi connectivity index (χ0n) is 27.3. The number of hydrogen-bond acceptors (Lipinski definition) is 9. The molecule has 49 heavy (non-hydrogen) atoms. The van der Waals surface area contributed by atoms with Crippen LogP contribution in [0.5, 0.6) is 0 Å². The van der Waals surface area contributed by atoms with Gasteiger partial charge in [-0.3, -0.25) is 14.8 Å². The first kappa shape index (κ1) is 31.7. The van der Waals surface area contributed by atoms with Crippen LogP contribution < -0.4 is 10.2 Å². The van der Waals surface area contributed by atoms with E-state index in [0.717, 1.165) is 26.9 Å². The molecular formula is C38H33N7O3S. The lowest BCUT2D eigenvalue weighted by atomic mass is 9.94. The minimum Gasteiger partial charge on any atom is -0.455 e. The van der Waals surface area contributed by atoms with Gasteiger partial charge in [0, 0.05) is 36.0 Å². The van der Waals surface area contributed by atoms with Crippen LogP contribution in [0.15, 0.2) is 91.3 Å². The van der Waals surface area contributed by atoms with Crippen LogP contribution in [0.4, 0.5) is 10.9 Å². The fraction of sp³-hybridized carbons (Fsp3) is 0.211. The molecule has 3 aromatic heterocycles. The Morgan fingerprint density at radius 1 is 1.02 bits per heavy atom. The molecule has 0 bridgehead atoms. The number of nitriles is 1. The monoisotopic (exact) mass is 667 g/mol. The van der Waals surface area contributed by atoms with Crippen molar-refractivity contribution in [3.05, 3.63) is 125 Å². The zero-order valence-corrected chi connectivity index (χ0v) is 28.1. The number of carbonyl (C=O) groups excluding carboxylic acids is 2. The molecule has 0 atom stereocenters. The van der Waals surface area contributed by atoms with Crippen molar-refractivity contribution in [2.75, 3.05) is 16.8 Å². The second kappa shape index (κ2) is 13.0. The Labute approximate surface area is 287 Å². The number of anilines is 2. The van der Waals surface area contributed by atoms with Crippen molar-refractivity contribution in [1.82, 2.24) is 19.7 Å². The van der Waals surface area contributed by atoms with E-state index in [1.807, 2.05) is 93.7 Å². The highest BCUT2D eigenvalue weighted by Crippen LogP contribution is 2.32. The summed E-state index contributed by atoms with van der Waals surface area (Å²) < 4.78 is 8.58. The molecular weight excluding hydrogens is 635 g/mol. The van der Waals surface area contributed by atoms with Gasteiger partial charge >= 0.3 is 5.97 Å². The van der Waals surface area contributed by atoms with E-state index in [4.69, 9.17) is 9.72 Å². The highest BCUT2D eigenvalue weighted by Gasteiger charge is 2.27. The standard InChI is InChI=1S/C38H33N7O3S/c1-38(2,3)48-36(47)34-28(27-20-40-45(22-27)21-25-9-6-8-24(18-25)19-39)14-15-33(42-34)44-17-16-26-10-7-11-29(30(26)23-44)35(46)43-37-41-31-12-4-5-13-32(31)49-37/h4-15,18,20,22H,16-17,21,23H2,1-3H3,(H,41,43,46). The van der Waals surface area contributed by atoms with Crippen LogP contribution >= 0.6 is 11.3 Å². The Bertz CT molecular complexity index is 2230. The number of fused-ring (bicyclic) bond motifs is 2. The van der Waals surface area contributed by atoms with Gasteiger partial charge in [0.05, 0.1) is 34.6 Å². The highest BCUT2D eigenvalue weighted by molar-refractivity contribution is 7.22. The van der Waals surface area contributed by atoms with E-state index >= 15 is 0 Å². The summed E-state index contributed by atoms with van der Waals surface area (Å²) in [5.74, 6) is -0.142. The Hall–Kier alpha value is -5.86. The third kappa shape index (κ3) is 6.91. The van der Waals surface area contributed by atoms with E-state index in [0.29, 0.717) is 59.3 Å². The van der Waals surface area contributed by atoms with Crippen molar-refractivity contribution in [1.29, 1.82) is 5.26 Å². The zero-order chi connectivity index (χ0) is 34.1. The molecule has 3 aromatic carbocycles. The molecule has 11 heteroatoms. The molecule has 0 aliphatic carbocycles. The predicted octanol–water partition coefficient (Wildman–Crippen LogP) is 7.25. The highest BCUT2D eigenvalue weighted by atomic mass is 32.1. The number of thiazole rings is 1. The predicted molar refractivity (Wildman–Crippen MR) is 190 cm³/mol. The lowest BCUT2D eigenvalue weighted by Crippen LogP contribution is -2.33. The van der Waals surface area contributed by atoms with Crippen LogP contribution in [-0.2, 0) is 24.2 Å². The number of amides is 1. The summed E-state index contributed by atoms with van der Waals surface area (Å²) in [5, 5.41) is 17.4. The SMILES string of the molecule is CC(C)(C)OC(=O)c1nc(N2CCc3cccc(C(=O)Nc4nc5ccccc5s4)c3C2)ccc1-c1cnn(Cc2cccc(C#N)c2)c1. The molecule has 1 aliphatic rings. The number of para-hydroxylation sites is 1. The van der Waals surface area contributed by atoms with Gasteiger partial charge in [-0.25, -0.2) is 14.8 Å². The summed E-state index contributed by atoms with van der Waals surface area (Å²) in [4.78, 5) is 38.7. The number of rotatable bonds is 7. The first-order valence-corrected chi connectivity index (χ1v) is 16.7.